The molecular weight excluding hydrogens is 785 g/mol. The summed E-state index contributed by atoms with van der Waals surface area (Å²) in [5.74, 6) is -1.41. The number of aliphatic hydroxyl groups excluding tert-OH is 2. The third-order valence-corrected chi connectivity index (χ3v) is 12.9. The first kappa shape index (κ1) is 48.3. The first-order chi connectivity index (χ1) is 30.3. The topological polar surface area (TPSA) is 163 Å². The smallest absolute Gasteiger partial charge is 0.412 e. The monoisotopic (exact) mass is 855 g/mol. The van der Waals surface area contributed by atoms with Crippen molar-refractivity contribution in [2.45, 2.75) is 134 Å². The first-order valence-corrected chi connectivity index (χ1v) is 23.1. The molecule has 2 aromatic carbocycles. The third-order valence-electron chi connectivity index (χ3n) is 12.9. The van der Waals surface area contributed by atoms with Gasteiger partial charge in [0.15, 0.2) is 0 Å². The van der Waals surface area contributed by atoms with Crippen molar-refractivity contribution >= 4 is 17.7 Å². The van der Waals surface area contributed by atoms with E-state index in [1.807, 2.05) is 12.1 Å². The number of nitrogens with one attached hydrogen (secondary N) is 1. The van der Waals surface area contributed by atoms with Gasteiger partial charge < -0.3 is 39.5 Å². The van der Waals surface area contributed by atoms with Crippen LogP contribution in [0.5, 0.6) is 11.5 Å². The molecule has 12 heteroatoms. The van der Waals surface area contributed by atoms with E-state index in [1.165, 1.54) is 52.1 Å². The van der Waals surface area contributed by atoms with Crippen molar-refractivity contribution in [3.63, 3.8) is 0 Å². The van der Waals surface area contributed by atoms with Gasteiger partial charge in [0.1, 0.15) is 24.7 Å². The van der Waals surface area contributed by atoms with Crippen LogP contribution in [0.2, 0.25) is 0 Å². The van der Waals surface area contributed by atoms with E-state index in [2.05, 4.69) is 36.1 Å². The van der Waals surface area contributed by atoms with Crippen LogP contribution in [-0.2, 0) is 9.57 Å². The predicted molar refractivity (Wildman–Crippen MR) is 241 cm³/mol. The standard InChI is InChI=1S/C50H70N4O8/c1-5-7-8-9-10-11-12-13-14-17-28-52-49(58)61-39-26-27-44-42(33-39)46-40(21-16-19-30-56)38(20-15-18-29-55)32-41-43(53-59-4)34-45(50(62-44,47(41)46)60-31-6-2)54(3)48(57)37-24-22-36(35-51)23-25-37/h6,22-27,32-33,38,40,45-47,55-56H,2,5,7-21,28-31,34H2,1,3-4H3,(H,52,58). The van der Waals surface area contributed by atoms with Gasteiger partial charge in [0.2, 0.25) is 5.79 Å². The normalized spacial score (nSPS) is 22.9. The third kappa shape index (κ3) is 12.1. The molecule has 1 heterocycles. The number of oxime groups is 1. The maximum atomic E-state index is 14.4. The molecule has 62 heavy (non-hydrogen) atoms. The van der Waals surface area contributed by atoms with E-state index in [-0.39, 0.29) is 49.9 Å². The van der Waals surface area contributed by atoms with Crippen molar-refractivity contribution in [3.05, 3.63) is 83.5 Å². The van der Waals surface area contributed by atoms with Crippen molar-refractivity contribution in [1.29, 1.82) is 5.26 Å². The molecule has 2 aromatic rings. The maximum Gasteiger partial charge on any atom is 0.412 e. The summed E-state index contributed by atoms with van der Waals surface area (Å²) in [6.07, 6.45) is 20.3. The fourth-order valence-corrected chi connectivity index (χ4v) is 9.88. The zero-order valence-electron chi connectivity index (χ0n) is 37.3. The fraction of sp³-hybridized carbons (Fsp3) is 0.600. The lowest BCUT2D eigenvalue weighted by Gasteiger charge is -2.59. The molecule has 2 amide bonds. The van der Waals surface area contributed by atoms with Crippen LogP contribution in [0.25, 0.3) is 0 Å². The molecule has 0 spiro atoms. The number of allylic oxidation sites excluding steroid dienone is 1. The average Bonchev–Trinajstić information content (AvgIpc) is 3.28. The second-order valence-electron chi connectivity index (χ2n) is 17.1. The Morgan fingerprint density at radius 3 is 2.29 bits per heavy atom. The molecule has 338 valence electrons. The minimum absolute atomic E-state index is 0.0193. The van der Waals surface area contributed by atoms with Gasteiger partial charge in [-0.1, -0.05) is 94.9 Å². The van der Waals surface area contributed by atoms with E-state index in [1.54, 1.807) is 48.4 Å². The molecule has 6 unspecified atom stereocenters. The van der Waals surface area contributed by atoms with Crippen molar-refractivity contribution in [2.75, 3.05) is 40.5 Å². The number of ether oxygens (including phenoxy) is 3. The number of nitrogens with zero attached hydrogens (tertiary/aromatic N) is 3. The Labute approximate surface area is 369 Å². The number of carbonyl (C=O) groups is 2. The van der Waals surface area contributed by atoms with E-state index in [0.29, 0.717) is 47.7 Å². The molecule has 0 saturated heterocycles. The van der Waals surface area contributed by atoms with E-state index in [9.17, 15) is 25.1 Å². The van der Waals surface area contributed by atoms with Crippen LogP contribution < -0.4 is 14.8 Å². The Kier molecular flexibility index (Phi) is 19.3. The summed E-state index contributed by atoms with van der Waals surface area (Å²) in [4.78, 5) is 34.8. The molecule has 1 saturated carbocycles. The van der Waals surface area contributed by atoms with E-state index < -0.39 is 23.8 Å². The van der Waals surface area contributed by atoms with Crippen LogP contribution in [0, 0.1) is 29.1 Å². The molecule has 12 nitrogen and oxygen atoms in total. The Balaban J connectivity index is 1.50. The minimum atomic E-state index is -1.42. The van der Waals surface area contributed by atoms with E-state index in [0.717, 1.165) is 56.1 Å². The molecule has 0 aromatic heterocycles. The molecule has 3 aliphatic rings. The van der Waals surface area contributed by atoms with Crippen molar-refractivity contribution in [3.8, 4) is 17.6 Å². The van der Waals surface area contributed by atoms with Gasteiger partial charge in [-0.3, -0.25) is 4.79 Å². The highest BCUT2D eigenvalue weighted by Gasteiger charge is 2.65. The lowest BCUT2D eigenvalue weighted by molar-refractivity contribution is -0.252. The molecule has 2 aliphatic carbocycles. The van der Waals surface area contributed by atoms with Gasteiger partial charge in [-0.2, -0.15) is 5.26 Å². The highest BCUT2D eigenvalue weighted by Crippen LogP contribution is 2.61. The van der Waals surface area contributed by atoms with Gasteiger partial charge in [0.25, 0.3) is 5.91 Å². The minimum Gasteiger partial charge on any atom is -0.459 e. The largest absolute Gasteiger partial charge is 0.459 e. The van der Waals surface area contributed by atoms with Crippen LogP contribution in [0.3, 0.4) is 0 Å². The highest BCUT2D eigenvalue weighted by atomic mass is 16.7. The number of nitriles is 1. The van der Waals surface area contributed by atoms with Crippen LogP contribution in [-0.4, -0.2) is 85.2 Å². The number of amides is 2. The lowest BCUT2D eigenvalue weighted by Crippen LogP contribution is -2.69. The number of carbonyl (C=O) groups excluding carboxylic acids is 2. The number of benzene rings is 2. The number of unbranched alkanes of at least 4 members (excludes halogenated alkanes) is 11. The zero-order valence-corrected chi connectivity index (χ0v) is 37.3. The quantitative estimate of drug-likeness (QED) is 0.0475. The van der Waals surface area contributed by atoms with Gasteiger partial charge in [0, 0.05) is 50.3 Å². The van der Waals surface area contributed by atoms with Gasteiger partial charge in [-0.15, -0.1) is 6.58 Å². The second-order valence-corrected chi connectivity index (χ2v) is 17.1. The zero-order chi connectivity index (χ0) is 44.3. The number of aliphatic hydroxyl groups is 2. The van der Waals surface area contributed by atoms with E-state index in [4.69, 9.17) is 19.0 Å². The van der Waals surface area contributed by atoms with Gasteiger partial charge in [-0.25, -0.2) is 4.79 Å². The highest BCUT2D eigenvalue weighted by molar-refractivity contribution is 6.03. The number of rotatable bonds is 26. The average molecular weight is 855 g/mol. The van der Waals surface area contributed by atoms with Gasteiger partial charge in [-0.05, 0) is 92.0 Å². The van der Waals surface area contributed by atoms with Crippen LogP contribution >= 0.6 is 0 Å². The van der Waals surface area contributed by atoms with Crippen LogP contribution in [0.15, 0.2) is 71.9 Å². The summed E-state index contributed by atoms with van der Waals surface area (Å²) in [7, 11) is 3.25. The SMILES string of the molecule is C=CCOC12Oc3ccc(OC(=O)NCCCCCCCCCCCC)cc3C3C(CCCCO)C(CCCCO)C=C(C(=NOC)CC1N(C)C(=O)c1ccc(C#N)cc1)C32. The Morgan fingerprint density at radius 1 is 0.968 bits per heavy atom. The van der Waals surface area contributed by atoms with Crippen molar-refractivity contribution in [1.82, 2.24) is 10.2 Å². The second kappa shape index (κ2) is 24.8. The Bertz CT molecular complexity index is 1860. The van der Waals surface area contributed by atoms with Gasteiger partial charge in [0.05, 0.1) is 29.9 Å². The van der Waals surface area contributed by atoms with Gasteiger partial charge >= 0.3 is 6.09 Å². The molecule has 0 bridgehead atoms. The summed E-state index contributed by atoms with van der Waals surface area (Å²) in [5.41, 5.74) is 3.31. The van der Waals surface area contributed by atoms with Crippen molar-refractivity contribution < 1.29 is 38.9 Å². The molecule has 5 rings (SSSR count). The van der Waals surface area contributed by atoms with Crippen molar-refractivity contribution in [2.24, 2.45) is 22.9 Å². The molecule has 6 atom stereocenters. The molecule has 0 radical (unpaired) electrons. The van der Waals surface area contributed by atoms with Crippen LogP contribution in [0.1, 0.15) is 143 Å². The summed E-state index contributed by atoms with van der Waals surface area (Å²) < 4.78 is 20.1. The van der Waals surface area contributed by atoms with Crippen LogP contribution in [0.4, 0.5) is 4.79 Å². The van der Waals surface area contributed by atoms with E-state index >= 15 is 0 Å². The number of hydrogen-bond acceptors (Lipinski definition) is 10. The number of fused-ring (bicyclic) bond motifs is 2. The summed E-state index contributed by atoms with van der Waals surface area (Å²) in [6, 6.07) is 13.4. The molecular formula is C50H70N4O8. The molecule has 1 aliphatic heterocycles. The molecule has 3 N–H and O–H groups in total. The fourth-order valence-electron chi connectivity index (χ4n) is 9.88. The number of likely N-dealkylation sites (N-methyl/N-ethyl adjacent to an activating group) is 1. The summed E-state index contributed by atoms with van der Waals surface area (Å²) >= 11 is 0. The number of hydrogen-bond donors (Lipinski definition) is 3. The Morgan fingerprint density at radius 2 is 1.65 bits per heavy atom. The summed E-state index contributed by atoms with van der Waals surface area (Å²) in [5, 5.41) is 36.7. The Hall–Kier alpha value is -4.70. The molecule has 1 fully saturated rings. The lowest BCUT2D eigenvalue weighted by atomic mass is 9.55. The summed E-state index contributed by atoms with van der Waals surface area (Å²) in [6.45, 7) is 7.05. The maximum absolute atomic E-state index is 14.4. The predicted octanol–water partition coefficient (Wildman–Crippen LogP) is 9.60. The first-order valence-electron chi connectivity index (χ1n) is 23.1.